The summed E-state index contributed by atoms with van der Waals surface area (Å²) in [5, 5.41) is 35.0. The Bertz CT molecular complexity index is 3530. The maximum Gasteiger partial charge on any atom is 0.319 e. The molecule has 7 atom stereocenters. The lowest BCUT2D eigenvalue weighted by Crippen LogP contribution is -2.57. The Balaban J connectivity index is 0.652. The number of aromatic nitrogens is 5. The molecule has 5 saturated heterocycles. The summed E-state index contributed by atoms with van der Waals surface area (Å²) in [5.74, 6) is -0.577. The van der Waals surface area contributed by atoms with Gasteiger partial charge in [0.25, 0.3) is 0 Å². The summed E-state index contributed by atoms with van der Waals surface area (Å²) < 4.78 is 46.3. The van der Waals surface area contributed by atoms with Gasteiger partial charge < -0.3 is 44.8 Å². The molecule has 3 aromatic carbocycles. The van der Waals surface area contributed by atoms with Crippen molar-refractivity contribution >= 4 is 56.5 Å². The van der Waals surface area contributed by atoms with Crippen LogP contribution in [0.25, 0.3) is 43.4 Å². The quantitative estimate of drug-likeness (QED) is 0.0675. The highest BCUT2D eigenvalue weighted by atomic mass is 32.1. The highest BCUT2D eigenvalue weighted by molar-refractivity contribution is 7.13. The van der Waals surface area contributed by atoms with E-state index in [1.807, 2.05) is 88.7 Å². The lowest BCUT2D eigenvalue weighted by Gasteiger charge is -2.44. The zero-order chi connectivity index (χ0) is 58.6. The van der Waals surface area contributed by atoms with E-state index in [0.29, 0.717) is 119 Å². The number of aliphatic hydroxyl groups excluding tert-OH is 1. The number of anilines is 2. The van der Waals surface area contributed by atoms with Crippen LogP contribution in [0.15, 0.2) is 76.9 Å². The first-order chi connectivity index (χ1) is 40.5. The van der Waals surface area contributed by atoms with Crippen molar-refractivity contribution in [3.8, 4) is 33.5 Å². The number of piperazine rings is 2. The van der Waals surface area contributed by atoms with E-state index in [2.05, 4.69) is 47.3 Å². The van der Waals surface area contributed by atoms with Crippen molar-refractivity contribution in [1.82, 2.24) is 50.4 Å². The summed E-state index contributed by atoms with van der Waals surface area (Å²) in [6, 6.07) is 18.4. The summed E-state index contributed by atoms with van der Waals surface area (Å²) in [6.45, 7) is 17.3. The van der Waals surface area contributed by atoms with E-state index >= 15 is 8.78 Å². The molecule has 0 aliphatic carbocycles. The molecular formula is C63H76F2N12O6S. The summed E-state index contributed by atoms with van der Waals surface area (Å²) in [4.78, 5) is 58.4. The third kappa shape index (κ3) is 11.7. The predicted octanol–water partition coefficient (Wildman–Crippen LogP) is 8.59. The third-order valence-corrected chi connectivity index (χ3v) is 19.2. The Morgan fingerprint density at radius 1 is 0.964 bits per heavy atom. The number of hydrogen-bond donors (Lipinski definition) is 4. The number of aliphatic hydroxyl groups is 1. The number of benzene rings is 3. The van der Waals surface area contributed by atoms with E-state index in [4.69, 9.17) is 24.2 Å². The number of ether oxygens (including phenoxy) is 1. The Labute approximate surface area is 492 Å². The number of halogens is 2. The Hall–Kier alpha value is -6.91. The number of carbonyl (C=O) groups is 2. The van der Waals surface area contributed by atoms with Crippen LogP contribution in [0.5, 0.6) is 11.8 Å². The number of aromatic hydroxyl groups is 1. The van der Waals surface area contributed by atoms with E-state index in [9.17, 15) is 19.8 Å². The van der Waals surface area contributed by atoms with Crippen molar-refractivity contribution in [3.63, 3.8) is 0 Å². The molecule has 5 aliphatic rings. The minimum absolute atomic E-state index is 0.00145. The fourth-order valence-corrected chi connectivity index (χ4v) is 14.4. The van der Waals surface area contributed by atoms with Crippen LogP contribution in [0.4, 0.5) is 20.4 Å². The lowest BCUT2D eigenvalue weighted by atomic mass is 9.91. The van der Waals surface area contributed by atoms with Crippen molar-refractivity contribution in [2.24, 2.45) is 5.92 Å². The topological polar surface area (TPSA) is 202 Å². The molecule has 444 valence electrons. The minimum atomic E-state index is -1.39. The smallest absolute Gasteiger partial charge is 0.319 e. The summed E-state index contributed by atoms with van der Waals surface area (Å²) in [5.41, 5.74) is 5.10. The van der Waals surface area contributed by atoms with Crippen LogP contribution in [-0.4, -0.2) is 170 Å². The van der Waals surface area contributed by atoms with E-state index in [-0.39, 0.29) is 72.4 Å². The van der Waals surface area contributed by atoms with Crippen LogP contribution < -0.4 is 25.2 Å². The van der Waals surface area contributed by atoms with E-state index in [1.54, 1.807) is 29.7 Å². The number of pyridine rings is 1. The fourth-order valence-electron chi connectivity index (χ4n) is 13.5. The second-order valence-corrected chi connectivity index (χ2v) is 25.2. The fraction of sp³-hybridized carbons (Fsp3) is 0.508. The van der Waals surface area contributed by atoms with Crippen LogP contribution in [0.1, 0.15) is 101 Å². The molecule has 0 radical (unpaired) electrons. The van der Waals surface area contributed by atoms with Crippen LogP contribution in [-0.2, 0) is 16.0 Å². The van der Waals surface area contributed by atoms with Gasteiger partial charge in [-0.05, 0) is 98.4 Å². The summed E-state index contributed by atoms with van der Waals surface area (Å²) in [6.07, 6.45) is 4.49. The molecule has 12 rings (SSSR count). The van der Waals surface area contributed by atoms with Crippen molar-refractivity contribution in [2.45, 2.75) is 128 Å². The van der Waals surface area contributed by atoms with E-state index < -0.39 is 29.5 Å². The van der Waals surface area contributed by atoms with E-state index in [1.165, 1.54) is 4.90 Å². The molecule has 9 heterocycles. The van der Waals surface area contributed by atoms with Gasteiger partial charge in [-0.1, -0.05) is 68.4 Å². The normalized spacial score (nSPS) is 22.8. The molecule has 4 N–H and O–H groups in total. The first kappa shape index (κ1) is 57.5. The third-order valence-electron chi connectivity index (χ3n) is 18.2. The average molecular weight is 1170 g/mol. The first-order valence-corrected chi connectivity index (χ1v) is 30.8. The number of likely N-dealkylation sites (tertiary alicyclic amines) is 2. The maximum atomic E-state index is 17.2. The lowest BCUT2D eigenvalue weighted by molar-refractivity contribution is -0.141. The molecule has 0 spiro atoms. The molecule has 0 saturated carbocycles. The van der Waals surface area contributed by atoms with Crippen molar-refractivity contribution < 1.29 is 37.8 Å². The number of aryl methyl sites for hydroxylation is 2. The number of alkyl halides is 1. The van der Waals surface area contributed by atoms with Gasteiger partial charge in [0.2, 0.25) is 11.8 Å². The number of nitrogens with zero attached hydrogens (tertiary/aromatic N) is 10. The largest absolute Gasteiger partial charge is 0.508 e. The Kier molecular flexibility index (Phi) is 16.3. The number of nitrogens with one attached hydrogen (secondary N) is 2. The molecule has 2 amide bonds. The zero-order valence-corrected chi connectivity index (χ0v) is 49.5. The molecular weight excluding hydrogens is 1090 g/mol. The Morgan fingerprint density at radius 2 is 1.74 bits per heavy atom. The molecule has 2 bridgehead atoms. The van der Waals surface area contributed by atoms with Crippen molar-refractivity contribution in [3.05, 3.63) is 101 Å². The molecule has 5 fully saturated rings. The van der Waals surface area contributed by atoms with Crippen molar-refractivity contribution in [2.75, 3.05) is 81.9 Å². The van der Waals surface area contributed by atoms with Gasteiger partial charge in [0, 0.05) is 108 Å². The monoisotopic (exact) mass is 1170 g/mol. The number of phenolic OH excluding ortho intramolecular Hbond substituents is 1. The van der Waals surface area contributed by atoms with Crippen LogP contribution in [0.2, 0.25) is 0 Å². The SMILES string of the molecule is CCc1cccc2cc(O)cc(-c3ncc4c(N5CC6CCC(C5)N6)nc(OCCN5CCC(F)(CN6CCN(c7cc([C@H](C(=O)N8C[C@H](O)C[C@H]8C(=O)N[C@@H](C)c8ccc(-c9scnc9C)cc8)C(C)C)on7)C[C@@H]6C)CC5)nc4c3F)c12. The van der Waals surface area contributed by atoms with Gasteiger partial charge in [-0.25, -0.2) is 13.8 Å². The number of phenols is 1. The summed E-state index contributed by atoms with van der Waals surface area (Å²) >= 11 is 1.58. The van der Waals surface area contributed by atoms with E-state index in [0.717, 1.165) is 50.9 Å². The minimum Gasteiger partial charge on any atom is -0.508 e. The Morgan fingerprint density at radius 3 is 2.45 bits per heavy atom. The average Bonchev–Trinajstić information content (AvgIpc) is 2.41. The van der Waals surface area contributed by atoms with Gasteiger partial charge in [-0.15, -0.1) is 11.3 Å². The highest BCUT2D eigenvalue weighted by Gasteiger charge is 2.45. The molecule has 84 heavy (non-hydrogen) atoms. The predicted molar refractivity (Wildman–Crippen MR) is 321 cm³/mol. The number of fused-ring (bicyclic) bond motifs is 4. The zero-order valence-electron chi connectivity index (χ0n) is 48.7. The van der Waals surface area contributed by atoms with Gasteiger partial charge >= 0.3 is 6.01 Å². The first-order valence-electron chi connectivity index (χ1n) is 29.9. The maximum absolute atomic E-state index is 17.2. The number of piperidine rings is 1. The second-order valence-electron chi connectivity index (χ2n) is 24.3. The number of β-amino-alcohol motifs (C(OH)–C–C–N with tert-alkyl or cyclic N) is 1. The molecule has 5 aliphatic heterocycles. The highest BCUT2D eigenvalue weighted by Crippen LogP contribution is 2.40. The number of carbonyl (C=O) groups excluding carboxylic acids is 2. The van der Waals surface area contributed by atoms with Crippen LogP contribution in [0.3, 0.4) is 0 Å². The van der Waals surface area contributed by atoms with Gasteiger partial charge in [-0.2, -0.15) is 9.97 Å². The second kappa shape index (κ2) is 23.9. The molecule has 4 aromatic heterocycles. The number of rotatable bonds is 17. The molecule has 18 nitrogen and oxygen atoms in total. The standard InChI is InChI=1S/C63H76F2N12O6S/c1-7-40-9-8-10-43-25-46(78)26-48(54(40)43)56-55(64)57-49(29-66-56)59(76-31-44-15-16-45(32-76)69-44)71-62(70-57)82-24-23-73-19-17-63(65,18-20-73)34-75-22-21-74(30-37(75)4)52-28-51(83-72-52)53(36(2)3)61(81)77-33-47(79)27-50(77)60(80)68-38(5)41-11-13-42(14-12-41)58-39(6)67-35-84-58/h8-14,25-26,28-29,35-38,44-45,47,50,53,69,78-79H,7,15-24,27,30-34H2,1-6H3,(H,68,80)/t37-,38-,44?,45?,47+,50-,53+/m0/s1. The molecule has 7 aromatic rings. The molecule has 21 heteroatoms. The van der Waals surface area contributed by atoms with Crippen molar-refractivity contribution in [1.29, 1.82) is 0 Å². The number of thiazole rings is 1. The van der Waals surface area contributed by atoms with Gasteiger partial charge in [0.15, 0.2) is 17.4 Å². The van der Waals surface area contributed by atoms with Gasteiger partial charge in [-0.3, -0.25) is 24.4 Å². The van der Waals surface area contributed by atoms with Crippen LogP contribution >= 0.6 is 11.3 Å². The van der Waals surface area contributed by atoms with Gasteiger partial charge in [0.05, 0.1) is 33.6 Å². The van der Waals surface area contributed by atoms with Crippen LogP contribution in [0, 0.1) is 18.7 Å². The van der Waals surface area contributed by atoms with Gasteiger partial charge in [0.1, 0.15) is 47.0 Å². The summed E-state index contributed by atoms with van der Waals surface area (Å²) in [7, 11) is 0. The number of amides is 2. The molecule has 2 unspecified atom stereocenters. The number of hydrogen-bond acceptors (Lipinski definition) is 17.